The van der Waals surface area contributed by atoms with Crippen molar-refractivity contribution >= 4 is 39.6 Å². The highest BCUT2D eigenvalue weighted by Gasteiger charge is 1.96. The summed E-state index contributed by atoms with van der Waals surface area (Å²) >= 11 is 9.08. The van der Waals surface area contributed by atoms with Crippen molar-refractivity contribution in [1.29, 1.82) is 0 Å². The normalized spacial score (nSPS) is 10.7. The van der Waals surface area contributed by atoms with Gasteiger partial charge < -0.3 is 5.11 Å². The highest BCUT2D eigenvalue weighted by Crippen LogP contribution is 2.23. The second-order valence-corrected chi connectivity index (χ2v) is 3.94. The van der Waals surface area contributed by atoms with Gasteiger partial charge in [0.25, 0.3) is 0 Å². The van der Waals surface area contributed by atoms with Crippen molar-refractivity contribution in [3.63, 3.8) is 0 Å². The SMILES string of the molecule is O=C(O)CC=Cc1ccc(Cl)c(Br)c1. The maximum Gasteiger partial charge on any atom is 0.307 e. The van der Waals surface area contributed by atoms with Crippen molar-refractivity contribution in [1.82, 2.24) is 0 Å². The lowest BCUT2D eigenvalue weighted by Gasteiger charge is -1.97. The van der Waals surface area contributed by atoms with Crippen LogP contribution < -0.4 is 0 Å². The van der Waals surface area contributed by atoms with E-state index in [0.717, 1.165) is 10.0 Å². The summed E-state index contributed by atoms with van der Waals surface area (Å²) in [6.45, 7) is 0. The number of carboxylic acid groups (broad SMARTS) is 1. The van der Waals surface area contributed by atoms with Gasteiger partial charge in [-0.2, -0.15) is 0 Å². The Kier molecular flexibility index (Phi) is 4.17. The summed E-state index contributed by atoms with van der Waals surface area (Å²) in [6.07, 6.45) is 3.37. The monoisotopic (exact) mass is 274 g/mol. The summed E-state index contributed by atoms with van der Waals surface area (Å²) in [5, 5.41) is 9.05. The van der Waals surface area contributed by atoms with E-state index in [9.17, 15) is 4.79 Å². The quantitative estimate of drug-likeness (QED) is 0.915. The Bertz CT molecular complexity index is 374. The Hall–Kier alpha value is -0.800. The smallest absolute Gasteiger partial charge is 0.307 e. The first-order valence-corrected chi connectivity index (χ1v) is 5.10. The van der Waals surface area contributed by atoms with Gasteiger partial charge in [0.15, 0.2) is 0 Å². The molecule has 1 rings (SSSR count). The largest absolute Gasteiger partial charge is 0.481 e. The molecule has 1 aromatic rings. The molecule has 14 heavy (non-hydrogen) atoms. The summed E-state index contributed by atoms with van der Waals surface area (Å²) in [7, 11) is 0. The fourth-order valence-electron chi connectivity index (χ4n) is 0.912. The predicted molar refractivity (Wildman–Crippen MR) is 60.4 cm³/mol. The summed E-state index contributed by atoms with van der Waals surface area (Å²) < 4.78 is 0.802. The van der Waals surface area contributed by atoms with E-state index in [1.165, 1.54) is 0 Å². The second kappa shape index (κ2) is 5.17. The molecule has 0 aliphatic heterocycles. The third-order valence-corrected chi connectivity index (χ3v) is 2.76. The average molecular weight is 276 g/mol. The minimum absolute atomic E-state index is 0.0280. The lowest BCUT2D eigenvalue weighted by molar-refractivity contribution is -0.135. The third-order valence-electron chi connectivity index (χ3n) is 1.55. The molecule has 1 aromatic carbocycles. The molecule has 0 amide bonds. The molecule has 74 valence electrons. The lowest BCUT2D eigenvalue weighted by atomic mass is 10.2. The van der Waals surface area contributed by atoms with Crippen molar-refractivity contribution in [2.24, 2.45) is 0 Å². The number of hydrogen-bond acceptors (Lipinski definition) is 1. The van der Waals surface area contributed by atoms with E-state index in [2.05, 4.69) is 15.9 Å². The van der Waals surface area contributed by atoms with Crippen molar-refractivity contribution in [2.45, 2.75) is 6.42 Å². The summed E-state index contributed by atoms with van der Waals surface area (Å²) in [5.74, 6) is -0.839. The standard InChI is InChI=1S/C10H8BrClO2/c11-8-6-7(4-5-9(8)12)2-1-3-10(13)14/h1-2,4-6H,3H2,(H,13,14). The first kappa shape index (κ1) is 11.3. The molecule has 1 N–H and O–H groups in total. The molecule has 0 heterocycles. The zero-order valence-electron chi connectivity index (χ0n) is 7.21. The maximum atomic E-state index is 10.2. The summed E-state index contributed by atoms with van der Waals surface area (Å²) in [5.41, 5.74) is 0.919. The summed E-state index contributed by atoms with van der Waals surface area (Å²) in [4.78, 5) is 10.2. The number of carbonyl (C=O) groups is 1. The van der Waals surface area contributed by atoms with Crippen LogP contribution >= 0.6 is 27.5 Å². The minimum atomic E-state index is -0.839. The molecule has 0 unspecified atom stereocenters. The first-order chi connectivity index (χ1) is 6.59. The van der Waals surface area contributed by atoms with Gasteiger partial charge in [0.05, 0.1) is 11.4 Å². The van der Waals surface area contributed by atoms with E-state index in [-0.39, 0.29) is 6.42 Å². The van der Waals surface area contributed by atoms with Gasteiger partial charge in [-0.15, -0.1) is 0 Å². The van der Waals surface area contributed by atoms with Gasteiger partial charge in [-0.05, 0) is 33.6 Å². The van der Waals surface area contributed by atoms with Gasteiger partial charge in [0, 0.05) is 4.47 Å². The van der Waals surface area contributed by atoms with Gasteiger partial charge in [0.1, 0.15) is 0 Å². The molecule has 0 aromatic heterocycles. The molecule has 4 heteroatoms. The number of halogens is 2. The Balaban J connectivity index is 2.73. The van der Waals surface area contributed by atoms with Crippen LogP contribution in [0.5, 0.6) is 0 Å². The van der Waals surface area contributed by atoms with Crippen LogP contribution in [0.15, 0.2) is 28.7 Å². The van der Waals surface area contributed by atoms with E-state index >= 15 is 0 Å². The Labute approximate surface area is 95.3 Å². The van der Waals surface area contributed by atoms with Crippen LogP contribution in [0, 0.1) is 0 Å². The van der Waals surface area contributed by atoms with Crippen molar-refractivity contribution in [3.8, 4) is 0 Å². The number of carboxylic acids is 1. The molecule has 0 spiro atoms. The highest BCUT2D eigenvalue weighted by atomic mass is 79.9. The average Bonchev–Trinajstić information content (AvgIpc) is 2.10. The zero-order chi connectivity index (χ0) is 10.6. The minimum Gasteiger partial charge on any atom is -0.481 e. The first-order valence-electron chi connectivity index (χ1n) is 3.93. The molecule has 0 atom stereocenters. The number of hydrogen-bond donors (Lipinski definition) is 1. The fourth-order valence-corrected chi connectivity index (χ4v) is 1.43. The fraction of sp³-hybridized carbons (Fsp3) is 0.100. The molecule has 0 fully saturated rings. The van der Waals surface area contributed by atoms with Crippen LogP contribution in [0.2, 0.25) is 5.02 Å². The van der Waals surface area contributed by atoms with E-state index < -0.39 is 5.97 Å². The van der Waals surface area contributed by atoms with Gasteiger partial charge in [-0.1, -0.05) is 29.8 Å². The molecular formula is C10H8BrClO2. The number of benzene rings is 1. The van der Waals surface area contributed by atoms with Crippen LogP contribution in [-0.2, 0) is 4.79 Å². The molecule has 0 saturated carbocycles. The van der Waals surface area contributed by atoms with E-state index in [0.29, 0.717) is 5.02 Å². The zero-order valence-corrected chi connectivity index (χ0v) is 9.55. The highest BCUT2D eigenvalue weighted by molar-refractivity contribution is 9.10. The predicted octanol–water partition coefficient (Wildman–Crippen LogP) is 3.59. The van der Waals surface area contributed by atoms with Crippen molar-refractivity contribution < 1.29 is 9.90 Å². The number of rotatable bonds is 3. The maximum absolute atomic E-state index is 10.2. The molecule has 0 bridgehead atoms. The van der Waals surface area contributed by atoms with Crippen LogP contribution in [-0.4, -0.2) is 11.1 Å². The van der Waals surface area contributed by atoms with Crippen LogP contribution in [0.3, 0.4) is 0 Å². The molecule has 0 radical (unpaired) electrons. The van der Waals surface area contributed by atoms with E-state index in [1.807, 2.05) is 12.1 Å². The Morgan fingerprint density at radius 1 is 1.57 bits per heavy atom. The molecule has 2 nitrogen and oxygen atoms in total. The Morgan fingerprint density at radius 3 is 2.86 bits per heavy atom. The molecule has 0 saturated heterocycles. The van der Waals surface area contributed by atoms with Gasteiger partial charge in [0.2, 0.25) is 0 Å². The second-order valence-electron chi connectivity index (χ2n) is 2.67. The number of aliphatic carboxylic acids is 1. The van der Waals surface area contributed by atoms with Gasteiger partial charge in [-0.3, -0.25) is 4.79 Å². The van der Waals surface area contributed by atoms with E-state index in [1.54, 1.807) is 18.2 Å². The Morgan fingerprint density at radius 2 is 2.29 bits per heavy atom. The van der Waals surface area contributed by atoms with Crippen LogP contribution in [0.4, 0.5) is 0 Å². The van der Waals surface area contributed by atoms with Gasteiger partial charge >= 0.3 is 5.97 Å². The third kappa shape index (κ3) is 3.52. The van der Waals surface area contributed by atoms with Crippen molar-refractivity contribution in [2.75, 3.05) is 0 Å². The van der Waals surface area contributed by atoms with Crippen LogP contribution in [0.1, 0.15) is 12.0 Å². The topological polar surface area (TPSA) is 37.3 Å². The van der Waals surface area contributed by atoms with Crippen molar-refractivity contribution in [3.05, 3.63) is 39.3 Å². The summed E-state index contributed by atoms with van der Waals surface area (Å²) in [6, 6.07) is 5.41. The lowest BCUT2D eigenvalue weighted by Crippen LogP contribution is -1.89. The van der Waals surface area contributed by atoms with E-state index in [4.69, 9.17) is 16.7 Å². The molecular weight excluding hydrogens is 267 g/mol. The van der Waals surface area contributed by atoms with Gasteiger partial charge in [-0.25, -0.2) is 0 Å². The molecule has 0 aliphatic carbocycles. The molecule has 0 aliphatic rings. The van der Waals surface area contributed by atoms with Crippen LogP contribution in [0.25, 0.3) is 6.08 Å².